The molecule has 0 saturated carbocycles. The Morgan fingerprint density at radius 2 is 2.00 bits per heavy atom. The highest BCUT2D eigenvalue weighted by Gasteiger charge is 2.21. The van der Waals surface area contributed by atoms with Crippen molar-refractivity contribution in [3.05, 3.63) is 35.3 Å². The molecule has 0 spiro atoms. The number of amides is 1. The highest BCUT2D eigenvalue weighted by Crippen LogP contribution is 2.29. The number of aromatic nitrogens is 2. The SMILES string of the molecule is Cc1cnc(NC(=O)CN2CCN(c3nc4ccccc4s3)CC2)s1. The van der Waals surface area contributed by atoms with Crippen molar-refractivity contribution in [3.8, 4) is 0 Å². The van der Waals surface area contributed by atoms with Crippen molar-refractivity contribution in [3.63, 3.8) is 0 Å². The average Bonchev–Trinajstić information content (AvgIpc) is 3.21. The summed E-state index contributed by atoms with van der Waals surface area (Å²) < 4.78 is 1.22. The summed E-state index contributed by atoms with van der Waals surface area (Å²) in [5.74, 6) is 0.00258. The van der Waals surface area contributed by atoms with E-state index in [2.05, 4.69) is 32.2 Å². The molecule has 0 radical (unpaired) electrons. The molecule has 0 bridgehead atoms. The number of hydrogen-bond donors (Lipinski definition) is 1. The smallest absolute Gasteiger partial charge is 0.240 e. The van der Waals surface area contributed by atoms with Gasteiger partial charge in [0, 0.05) is 37.3 Å². The van der Waals surface area contributed by atoms with Gasteiger partial charge in [-0.3, -0.25) is 9.69 Å². The van der Waals surface area contributed by atoms with E-state index >= 15 is 0 Å². The van der Waals surface area contributed by atoms with Gasteiger partial charge in [0.15, 0.2) is 10.3 Å². The Bertz CT molecular complexity index is 849. The minimum atomic E-state index is 0.00258. The molecule has 1 aliphatic rings. The normalized spacial score (nSPS) is 15.6. The van der Waals surface area contributed by atoms with E-state index in [4.69, 9.17) is 4.98 Å². The largest absolute Gasteiger partial charge is 0.345 e. The van der Waals surface area contributed by atoms with Crippen molar-refractivity contribution in [1.29, 1.82) is 0 Å². The Balaban J connectivity index is 1.31. The molecular weight excluding hydrogens is 354 g/mol. The highest BCUT2D eigenvalue weighted by atomic mass is 32.1. The maximum Gasteiger partial charge on any atom is 0.240 e. The van der Waals surface area contributed by atoms with Crippen molar-refractivity contribution in [2.24, 2.45) is 0 Å². The number of para-hydroxylation sites is 1. The van der Waals surface area contributed by atoms with Crippen LogP contribution in [-0.2, 0) is 4.79 Å². The molecule has 1 aliphatic heterocycles. The van der Waals surface area contributed by atoms with Gasteiger partial charge in [-0.15, -0.1) is 11.3 Å². The van der Waals surface area contributed by atoms with Crippen LogP contribution >= 0.6 is 22.7 Å². The number of aryl methyl sites for hydroxylation is 1. The van der Waals surface area contributed by atoms with Gasteiger partial charge < -0.3 is 10.2 Å². The fraction of sp³-hybridized carbons (Fsp3) is 0.353. The van der Waals surface area contributed by atoms with Crippen molar-refractivity contribution in [2.45, 2.75) is 6.92 Å². The number of piperazine rings is 1. The van der Waals surface area contributed by atoms with Gasteiger partial charge in [0.05, 0.1) is 16.8 Å². The van der Waals surface area contributed by atoms with Crippen LogP contribution in [0.25, 0.3) is 10.2 Å². The number of hydrogen-bond acceptors (Lipinski definition) is 7. The maximum absolute atomic E-state index is 12.1. The van der Waals surface area contributed by atoms with Crippen LogP contribution in [0.4, 0.5) is 10.3 Å². The van der Waals surface area contributed by atoms with Gasteiger partial charge >= 0.3 is 0 Å². The van der Waals surface area contributed by atoms with Crippen molar-refractivity contribution in [1.82, 2.24) is 14.9 Å². The molecular formula is C17H19N5OS2. The third-order valence-corrected chi connectivity index (χ3v) is 6.09. The fourth-order valence-electron chi connectivity index (χ4n) is 2.87. The lowest BCUT2D eigenvalue weighted by Crippen LogP contribution is -2.48. The second kappa shape index (κ2) is 7.07. The number of carbonyl (C=O) groups is 1. The van der Waals surface area contributed by atoms with Crippen molar-refractivity contribution < 1.29 is 4.79 Å². The van der Waals surface area contributed by atoms with E-state index in [1.165, 1.54) is 16.0 Å². The number of anilines is 2. The van der Waals surface area contributed by atoms with Crippen LogP contribution in [0.2, 0.25) is 0 Å². The van der Waals surface area contributed by atoms with Crippen LogP contribution in [0.1, 0.15) is 4.88 Å². The summed E-state index contributed by atoms with van der Waals surface area (Å²) in [5, 5.41) is 4.62. The first kappa shape index (κ1) is 16.4. The predicted molar refractivity (Wildman–Crippen MR) is 104 cm³/mol. The molecule has 1 saturated heterocycles. The minimum Gasteiger partial charge on any atom is -0.345 e. The van der Waals surface area contributed by atoms with E-state index in [-0.39, 0.29) is 5.91 Å². The summed E-state index contributed by atoms with van der Waals surface area (Å²) in [7, 11) is 0. The summed E-state index contributed by atoms with van der Waals surface area (Å²) in [6, 6.07) is 8.23. The minimum absolute atomic E-state index is 0.00258. The van der Waals surface area contributed by atoms with Crippen LogP contribution in [0.15, 0.2) is 30.5 Å². The van der Waals surface area contributed by atoms with Gasteiger partial charge in [0.1, 0.15) is 0 Å². The summed E-state index contributed by atoms with van der Waals surface area (Å²) in [5.41, 5.74) is 1.06. The van der Waals surface area contributed by atoms with Gasteiger partial charge in [-0.05, 0) is 19.1 Å². The molecule has 1 N–H and O–H groups in total. The lowest BCUT2D eigenvalue weighted by molar-refractivity contribution is -0.117. The molecule has 8 heteroatoms. The number of fused-ring (bicyclic) bond motifs is 1. The Morgan fingerprint density at radius 1 is 1.20 bits per heavy atom. The Labute approximate surface area is 154 Å². The first-order chi connectivity index (χ1) is 12.2. The zero-order valence-corrected chi connectivity index (χ0v) is 15.6. The quantitative estimate of drug-likeness (QED) is 0.762. The number of benzene rings is 1. The van der Waals surface area contributed by atoms with Crippen LogP contribution in [0.3, 0.4) is 0 Å². The van der Waals surface area contributed by atoms with Gasteiger partial charge in [-0.1, -0.05) is 23.5 Å². The van der Waals surface area contributed by atoms with Gasteiger partial charge in [-0.2, -0.15) is 0 Å². The third-order valence-electron chi connectivity index (χ3n) is 4.16. The van der Waals surface area contributed by atoms with Crippen LogP contribution in [0, 0.1) is 6.92 Å². The van der Waals surface area contributed by atoms with E-state index < -0.39 is 0 Å². The van der Waals surface area contributed by atoms with Gasteiger partial charge in [-0.25, -0.2) is 9.97 Å². The Morgan fingerprint density at radius 3 is 2.72 bits per heavy atom. The lowest BCUT2D eigenvalue weighted by atomic mass is 10.3. The first-order valence-corrected chi connectivity index (χ1v) is 9.86. The second-order valence-electron chi connectivity index (χ2n) is 6.05. The summed E-state index contributed by atoms with van der Waals surface area (Å²) in [4.78, 5) is 26.6. The van der Waals surface area contributed by atoms with E-state index in [1.54, 1.807) is 17.5 Å². The molecule has 1 fully saturated rings. The van der Waals surface area contributed by atoms with Crippen LogP contribution < -0.4 is 10.2 Å². The number of rotatable bonds is 4. The molecule has 2 aromatic heterocycles. The monoisotopic (exact) mass is 373 g/mol. The number of thiazole rings is 2. The third kappa shape index (κ3) is 3.81. The molecule has 1 amide bonds. The van der Waals surface area contributed by atoms with E-state index in [9.17, 15) is 4.79 Å². The summed E-state index contributed by atoms with van der Waals surface area (Å²) in [6.07, 6.45) is 1.77. The number of carbonyl (C=O) groups excluding carboxylic acids is 1. The summed E-state index contributed by atoms with van der Waals surface area (Å²) in [6.45, 7) is 5.90. The molecule has 0 aliphatic carbocycles. The Hall–Kier alpha value is -2.03. The standard InChI is InChI=1S/C17H19N5OS2/c1-12-10-18-16(24-12)20-15(23)11-21-6-8-22(9-7-21)17-19-13-4-2-3-5-14(13)25-17/h2-5,10H,6-9,11H2,1H3,(H,18,20,23). The van der Waals surface area contributed by atoms with Crippen molar-refractivity contribution in [2.75, 3.05) is 42.9 Å². The molecule has 4 rings (SSSR count). The number of nitrogens with zero attached hydrogens (tertiary/aromatic N) is 4. The molecule has 0 unspecified atom stereocenters. The molecule has 3 aromatic rings. The summed E-state index contributed by atoms with van der Waals surface area (Å²) >= 11 is 3.23. The van der Waals surface area contributed by atoms with Crippen molar-refractivity contribution >= 4 is 49.1 Å². The second-order valence-corrected chi connectivity index (χ2v) is 8.30. The molecule has 3 heterocycles. The van der Waals surface area contributed by atoms with E-state index in [1.807, 2.05) is 19.1 Å². The number of nitrogens with one attached hydrogen (secondary N) is 1. The average molecular weight is 374 g/mol. The zero-order valence-electron chi connectivity index (χ0n) is 13.9. The lowest BCUT2D eigenvalue weighted by Gasteiger charge is -2.33. The molecule has 0 atom stereocenters. The zero-order chi connectivity index (χ0) is 17.2. The first-order valence-electron chi connectivity index (χ1n) is 8.22. The van der Waals surface area contributed by atoms with E-state index in [0.29, 0.717) is 11.7 Å². The van der Waals surface area contributed by atoms with Crippen LogP contribution in [-0.4, -0.2) is 53.5 Å². The highest BCUT2D eigenvalue weighted by molar-refractivity contribution is 7.22. The Kier molecular flexibility index (Phi) is 4.65. The van der Waals surface area contributed by atoms with Gasteiger partial charge in [0.2, 0.25) is 5.91 Å². The fourth-order valence-corrected chi connectivity index (χ4v) is 4.56. The topological polar surface area (TPSA) is 61.4 Å². The van der Waals surface area contributed by atoms with Gasteiger partial charge in [0.25, 0.3) is 0 Å². The molecule has 6 nitrogen and oxygen atoms in total. The molecule has 25 heavy (non-hydrogen) atoms. The molecule has 1 aromatic carbocycles. The maximum atomic E-state index is 12.1. The van der Waals surface area contributed by atoms with E-state index in [0.717, 1.165) is 41.7 Å². The predicted octanol–water partition coefficient (Wildman–Crippen LogP) is 2.82. The van der Waals surface area contributed by atoms with Crippen LogP contribution in [0.5, 0.6) is 0 Å². The molecule has 130 valence electrons.